The minimum absolute atomic E-state index is 0.583. The van der Waals surface area contributed by atoms with Gasteiger partial charge >= 0.3 is 0 Å². The van der Waals surface area contributed by atoms with Gasteiger partial charge in [0.1, 0.15) is 17.2 Å². The van der Waals surface area contributed by atoms with Crippen LogP contribution in [-0.4, -0.2) is 14.7 Å². The summed E-state index contributed by atoms with van der Waals surface area (Å²) >= 11 is 0. The number of aryl methyl sites for hydroxylation is 2. The number of anilines is 1. The molecule has 100 valence electrons. The Labute approximate surface area is 112 Å². The predicted octanol–water partition coefficient (Wildman–Crippen LogP) is 2.62. The molecule has 2 aromatic heterocycles. The number of nitrogens with one attached hydrogen (secondary N) is 1. The van der Waals surface area contributed by atoms with Gasteiger partial charge in [-0.25, -0.2) is 4.98 Å². The Morgan fingerprint density at radius 3 is 3.21 bits per heavy atom. The normalized spacial score (nSPS) is 17.7. The molecule has 5 heteroatoms. The summed E-state index contributed by atoms with van der Waals surface area (Å²) in [6, 6.07) is 0. The molecule has 0 saturated heterocycles. The minimum Gasteiger partial charge on any atom is -0.375 e. The van der Waals surface area contributed by atoms with E-state index in [4.69, 9.17) is 4.52 Å². The van der Waals surface area contributed by atoms with Gasteiger partial charge in [-0.3, -0.25) is 0 Å². The average molecular weight is 258 g/mol. The van der Waals surface area contributed by atoms with E-state index in [-0.39, 0.29) is 0 Å². The largest absolute Gasteiger partial charge is 0.375 e. The van der Waals surface area contributed by atoms with Gasteiger partial charge in [0.2, 0.25) is 0 Å². The molecule has 2 aliphatic rings. The van der Waals surface area contributed by atoms with Crippen LogP contribution in [0.2, 0.25) is 0 Å². The number of hydrogen-bond donors (Lipinski definition) is 1. The summed E-state index contributed by atoms with van der Waals surface area (Å²) in [4.78, 5) is 4.47. The standard InChI is InChI=1S/C14H18N4O/c1-9-13(14(19-17-9)10-4-5-10)16-8-11-7-15-12-3-2-6-18(11)12/h7,10,16H,2-6,8H2,1H3. The molecule has 0 spiro atoms. The molecule has 3 heterocycles. The average Bonchev–Trinajstić information content (AvgIpc) is 2.85. The Morgan fingerprint density at radius 2 is 2.37 bits per heavy atom. The lowest BCUT2D eigenvalue weighted by atomic mass is 10.2. The van der Waals surface area contributed by atoms with E-state index in [1.165, 1.54) is 30.8 Å². The van der Waals surface area contributed by atoms with E-state index in [0.29, 0.717) is 5.92 Å². The molecule has 1 N–H and O–H groups in total. The molecule has 1 aliphatic heterocycles. The number of nitrogens with zero attached hydrogens (tertiary/aromatic N) is 3. The highest BCUT2D eigenvalue weighted by Crippen LogP contribution is 2.44. The van der Waals surface area contributed by atoms with Crippen molar-refractivity contribution in [2.24, 2.45) is 0 Å². The highest BCUT2D eigenvalue weighted by molar-refractivity contribution is 5.53. The lowest BCUT2D eigenvalue weighted by molar-refractivity contribution is 0.381. The third-order valence-electron chi connectivity index (χ3n) is 4.09. The molecular formula is C14H18N4O. The number of hydrogen-bond acceptors (Lipinski definition) is 4. The Morgan fingerprint density at radius 1 is 1.47 bits per heavy atom. The summed E-state index contributed by atoms with van der Waals surface area (Å²) in [6.07, 6.45) is 6.77. The Balaban J connectivity index is 1.54. The Kier molecular flexibility index (Phi) is 2.40. The molecule has 19 heavy (non-hydrogen) atoms. The maximum atomic E-state index is 5.45. The van der Waals surface area contributed by atoms with Gasteiger partial charge in [-0.1, -0.05) is 5.16 Å². The fourth-order valence-corrected chi connectivity index (χ4v) is 2.87. The SMILES string of the molecule is Cc1noc(C2CC2)c1NCc1cnc2n1CCC2. The zero-order chi connectivity index (χ0) is 12.8. The molecule has 1 saturated carbocycles. The van der Waals surface area contributed by atoms with Crippen LogP contribution in [0.4, 0.5) is 5.69 Å². The lowest BCUT2D eigenvalue weighted by Crippen LogP contribution is -2.07. The number of aromatic nitrogens is 3. The molecule has 2 aromatic rings. The third kappa shape index (κ3) is 1.84. The second kappa shape index (κ2) is 4.11. The number of rotatable bonds is 4. The van der Waals surface area contributed by atoms with Gasteiger partial charge in [-0.05, 0) is 26.2 Å². The van der Waals surface area contributed by atoms with E-state index >= 15 is 0 Å². The van der Waals surface area contributed by atoms with Crippen molar-refractivity contribution < 1.29 is 4.52 Å². The number of fused-ring (bicyclic) bond motifs is 1. The maximum Gasteiger partial charge on any atom is 0.163 e. The van der Waals surface area contributed by atoms with Crippen LogP contribution in [0.5, 0.6) is 0 Å². The highest BCUT2D eigenvalue weighted by atomic mass is 16.5. The molecule has 0 unspecified atom stereocenters. The van der Waals surface area contributed by atoms with Crippen molar-refractivity contribution in [2.45, 2.75) is 51.6 Å². The molecule has 0 bridgehead atoms. The first-order valence-corrected chi connectivity index (χ1v) is 7.06. The summed E-state index contributed by atoms with van der Waals surface area (Å²) in [6.45, 7) is 3.90. The third-order valence-corrected chi connectivity index (χ3v) is 4.09. The molecule has 4 rings (SSSR count). The second-order valence-corrected chi connectivity index (χ2v) is 5.56. The molecule has 0 aromatic carbocycles. The van der Waals surface area contributed by atoms with Crippen molar-refractivity contribution in [3.05, 3.63) is 29.2 Å². The fourth-order valence-electron chi connectivity index (χ4n) is 2.87. The van der Waals surface area contributed by atoms with Gasteiger partial charge in [0, 0.05) is 18.9 Å². The Hall–Kier alpha value is -1.78. The molecule has 1 fully saturated rings. The summed E-state index contributed by atoms with van der Waals surface area (Å²) in [5.74, 6) is 2.85. The van der Waals surface area contributed by atoms with E-state index in [9.17, 15) is 0 Å². The van der Waals surface area contributed by atoms with Crippen molar-refractivity contribution in [3.8, 4) is 0 Å². The van der Waals surface area contributed by atoms with Gasteiger partial charge in [-0.2, -0.15) is 0 Å². The smallest absolute Gasteiger partial charge is 0.163 e. The summed E-state index contributed by atoms with van der Waals surface area (Å²) in [7, 11) is 0. The fraction of sp³-hybridized carbons (Fsp3) is 0.571. The predicted molar refractivity (Wildman–Crippen MR) is 71.1 cm³/mol. The number of imidazole rings is 1. The molecule has 0 radical (unpaired) electrons. The van der Waals surface area contributed by atoms with Crippen molar-refractivity contribution in [2.75, 3.05) is 5.32 Å². The van der Waals surface area contributed by atoms with E-state index in [1.807, 2.05) is 13.1 Å². The van der Waals surface area contributed by atoms with Gasteiger partial charge in [0.25, 0.3) is 0 Å². The first-order chi connectivity index (χ1) is 9.33. The van der Waals surface area contributed by atoms with Crippen LogP contribution in [0.25, 0.3) is 0 Å². The second-order valence-electron chi connectivity index (χ2n) is 5.56. The van der Waals surface area contributed by atoms with Crippen LogP contribution in [-0.2, 0) is 19.5 Å². The van der Waals surface area contributed by atoms with Crippen molar-refractivity contribution in [1.29, 1.82) is 0 Å². The summed E-state index contributed by atoms with van der Waals surface area (Å²) in [5, 5.41) is 7.59. The first-order valence-electron chi connectivity index (χ1n) is 7.06. The van der Waals surface area contributed by atoms with Crippen LogP contribution < -0.4 is 5.32 Å². The van der Waals surface area contributed by atoms with Crippen LogP contribution in [0, 0.1) is 6.92 Å². The van der Waals surface area contributed by atoms with Gasteiger partial charge in [0.05, 0.1) is 18.4 Å². The summed E-state index contributed by atoms with van der Waals surface area (Å²) in [5.41, 5.74) is 3.31. The zero-order valence-electron chi connectivity index (χ0n) is 11.1. The van der Waals surface area contributed by atoms with Gasteiger partial charge in [-0.15, -0.1) is 0 Å². The van der Waals surface area contributed by atoms with Gasteiger partial charge in [0.15, 0.2) is 5.76 Å². The minimum atomic E-state index is 0.583. The first kappa shape index (κ1) is 11.1. The quantitative estimate of drug-likeness (QED) is 0.916. The van der Waals surface area contributed by atoms with Crippen molar-refractivity contribution in [3.63, 3.8) is 0 Å². The maximum absolute atomic E-state index is 5.45. The topological polar surface area (TPSA) is 55.9 Å². The monoisotopic (exact) mass is 258 g/mol. The molecular weight excluding hydrogens is 240 g/mol. The van der Waals surface area contributed by atoms with E-state index in [0.717, 1.165) is 36.7 Å². The molecule has 0 atom stereocenters. The summed E-state index contributed by atoms with van der Waals surface area (Å²) < 4.78 is 7.77. The Bertz CT molecular complexity index is 609. The van der Waals surface area contributed by atoms with Crippen molar-refractivity contribution >= 4 is 5.69 Å². The van der Waals surface area contributed by atoms with E-state index < -0.39 is 0 Å². The zero-order valence-corrected chi connectivity index (χ0v) is 11.1. The van der Waals surface area contributed by atoms with Crippen LogP contribution >= 0.6 is 0 Å². The van der Waals surface area contributed by atoms with Gasteiger partial charge < -0.3 is 14.4 Å². The van der Waals surface area contributed by atoms with Crippen LogP contribution in [0.15, 0.2) is 10.7 Å². The molecule has 5 nitrogen and oxygen atoms in total. The van der Waals surface area contributed by atoms with E-state index in [2.05, 4.69) is 20.0 Å². The lowest BCUT2D eigenvalue weighted by Gasteiger charge is -2.08. The highest BCUT2D eigenvalue weighted by Gasteiger charge is 2.31. The molecule has 0 amide bonds. The van der Waals surface area contributed by atoms with Crippen LogP contribution in [0.3, 0.4) is 0 Å². The van der Waals surface area contributed by atoms with Crippen LogP contribution in [0.1, 0.15) is 48.2 Å². The van der Waals surface area contributed by atoms with E-state index in [1.54, 1.807) is 0 Å². The molecule has 1 aliphatic carbocycles. The van der Waals surface area contributed by atoms with Crippen molar-refractivity contribution in [1.82, 2.24) is 14.7 Å².